The van der Waals surface area contributed by atoms with Gasteiger partial charge in [-0.15, -0.1) is 0 Å². The van der Waals surface area contributed by atoms with E-state index in [0.717, 1.165) is 70.7 Å². The SMILES string of the molecule is CCC(CC)C(CNC(=O)Cn1nc2n(c1=O)CCCCC2)N1CCOCC1. The maximum atomic E-state index is 12.6. The first-order chi connectivity index (χ1) is 13.6. The lowest BCUT2D eigenvalue weighted by Gasteiger charge is -2.38. The molecule has 1 aromatic heterocycles. The maximum Gasteiger partial charge on any atom is 0.346 e. The molecule has 0 spiro atoms. The fourth-order valence-electron chi connectivity index (χ4n) is 4.47. The molecule has 2 aliphatic rings. The van der Waals surface area contributed by atoms with Gasteiger partial charge in [0.2, 0.25) is 5.91 Å². The van der Waals surface area contributed by atoms with Crippen LogP contribution in [0, 0.1) is 5.92 Å². The van der Waals surface area contributed by atoms with E-state index in [1.807, 2.05) is 0 Å². The van der Waals surface area contributed by atoms with Gasteiger partial charge in [-0.3, -0.25) is 14.3 Å². The smallest absolute Gasteiger partial charge is 0.346 e. The highest BCUT2D eigenvalue weighted by molar-refractivity contribution is 5.75. The summed E-state index contributed by atoms with van der Waals surface area (Å²) in [6.07, 6.45) is 6.17. The summed E-state index contributed by atoms with van der Waals surface area (Å²) in [6, 6.07) is 0.304. The molecular formula is C20H35N5O3. The quantitative estimate of drug-likeness (QED) is 0.713. The van der Waals surface area contributed by atoms with E-state index in [1.165, 1.54) is 4.68 Å². The van der Waals surface area contributed by atoms with Crippen LogP contribution in [0.4, 0.5) is 0 Å². The maximum absolute atomic E-state index is 12.6. The van der Waals surface area contributed by atoms with Crippen LogP contribution < -0.4 is 11.0 Å². The number of ether oxygens (including phenoxy) is 1. The van der Waals surface area contributed by atoms with Crippen LogP contribution in [-0.2, 0) is 29.0 Å². The van der Waals surface area contributed by atoms with Gasteiger partial charge in [-0.1, -0.05) is 33.1 Å². The van der Waals surface area contributed by atoms with Crippen molar-refractivity contribution in [3.63, 3.8) is 0 Å². The van der Waals surface area contributed by atoms with Crippen LogP contribution in [0.3, 0.4) is 0 Å². The fourth-order valence-corrected chi connectivity index (χ4v) is 4.47. The summed E-state index contributed by atoms with van der Waals surface area (Å²) in [6.45, 7) is 9.05. The Labute approximate surface area is 167 Å². The highest BCUT2D eigenvalue weighted by Crippen LogP contribution is 2.19. The average Bonchev–Trinajstić information content (AvgIpc) is 2.88. The van der Waals surface area contributed by atoms with Gasteiger partial charge in [-0.25, -0.2) is 9.48 Å². The molecule has 0 aromatic carbocycles. The summed E-state index contributed by atoms with van der Waals surface area (Å²) >= 11 is 0. The molecule has 0 aliphatic carbocycles. The van der Waals surface area contributed by atoms with E-state index in [0.29, 0.717) is 25.0 Å². The average molecular weight is 394 g/mol. The Morgan fingerprint density at radius 2 is 1.89 bits per heavy atom. The number of fused-ring (bicyclic) bond motifs is 1. The van der Waals surface area contributed by atoms with E-state index in [1.54, 1.807) is 4.57 Å². The second-order valence-corrected chi connectivity index (χ2v) is 7.92. The summed E-state index contributed by atoms with van der Waals surface area (Å²) in [7, 11) is 0. The monoisotopic (exact) mass is 393 g/mol. The molecule has 1 unspecified atom stereocenters. The molecule has 1 atom stereocenters. The summed E-state index contributed by atoms with van der Waals surface area (Å²) in [4.78, 5) is 27.6. The first kappa shape index (κ1) is 21.0. The van der Waals surface area contributed by atoms with Gasteiger partial charge in [0.15, 0.2) is 0 Å². The number of aromatic nitrogens is 3. The normalized spacial score (nSPS) is 19.2. The summed E-state index contributed by atoms with van der Waals surface area (Å²) in [5.74, 6) is 1.21. The third kappa shape index (κ3) is 5.03. The number of nitrogens with zero attached hydrogens (tertiary/aromatic N) is 4. The van der Waals surface area contributed by atoms with Crippen molar-refractivity contribution in [3.8, 4) is 0 Å². The lowest BCUT2D eigenvalue weighted by molar-refractivity contribution is -0.122. The molecule has 28 heavy (non-hydrogen) atoms. The third-order valence-corrected chi connectivity index (χ3v) is 6.19. The van der Waals surface area contributed by atoms with E-state index >= 15 is 0 Å². The van der Waals surface area contributed by atoms with Crippen molar-refractivity contribution in [2.24, 2.45) is 5.92 Å². The molecule has 3 rings (SSSR count). The van der Waals surface area contributed by atoms with Crippen LogP contribution in [-0.4, -0.2) is 64.0 Å². The topological polar surface area (TPSA) is 81.4 Å². The number of aryl methyl sites for hydroxylation is 1. The molecule has 0 bridgehead atoms. The molecule has 2 aliphatic heterocycles. The van der Waals surface area contributed by atoms with Crippen molar-refractivity contribution in [2.45, 2.75) is 71.5 Å². The molecule has 8 heteroatoms. The molecule has 1 saturated heterocycles. The predicted molar refractivity (Wildman–Crippen MR) is 107 cm³/mol. The summed E-state index contributed by atoms with van der Waals surface area (Å²) in [5.41, 5.74) is -0.156. The van der Waals surface area contributed by atoms with Gasteiger partial charge >= 0.3 is 5.69 Å². The molecule has 3 heterocycles. The Bertz CT molecular complexity index is 689. The molecule has 0 radical (unpaired) electrons. The Balaban J connectivity index is 1.61. The van der Waals surface area contributed by atoms with Crippen LogP contribution in [0.1, 0.15) is 51.8 Å². The largest absolute Gasteiger partial charge is 0.379 e. The highest BCUT2D eigenvalue weighted by Gasteiger charge is 2.27. The molecule has 1 N–H and O–H groups in total. The van der Waals surface area contributed by atoms with Crippen molar-refractivity contribution in [3.05, 3.63) is 16.3 Å². The van der Waals surface area contributed by atoms with Gasteiger partial charge in [-0.2, -0.15) is 5.10 Å². The van der Waals surface area contributed by atoms with E-state index in [9.17, 15) is 9.59 Å². The number of carbonyl (C=O) groups excluding carboxylic acids is 1. The highest BCUT2D eigenvalue weighted by atomic mass is 16.5. The number of hydrogen-bond acceptors (Lipinski definition) is 5. The van der Waals surface area contributed by atoms with E-state index in [2.05, 4.69) is 29.2 Å². The van der Waals surface area contributed by atoms with Crippen LogP contribution in [0.5, 0.6) is 0 Å². The molecule has 158 valence electrons. The second-order valence-electron chi connectivity index (χ2n) is 7.92. The zero-order valence-electron chi connectivity index (χ0n) is 17.4. The van der Waals surface area contributed by atoms with Crippen molar-refractivity contribution < 1.29 is 9.53 Å². The van der Waals surface area contributed by atoms with Crippen LogP contribution in [0.15, 0.2) is 4.79 Å². The van der Waals surface area contributed by atoms with E-state index in [-0.39, 0.29) is 18.1 Å². The van der Waals surface area contributed by atoms with Crippen molar-refractivity contribution >= 4 is 5.91 Å². The molecule has 0 saturated carbocycles. The molecule has 1 amide bonds. The van der Waals surface area contributed by atoms with Gasteiger partial charge in [-0.05, 0) is 18.8 Å². The minimum Gasteiger partial charge on any atom is -0.379 e. The van der Waals surface area contributed by atoms with E-state index < -0.39 is 0 Å². The molecular weight excluding hydrogens is 358 g/mol. The van der Waals surface area contributed by atoms with Crippen molar-refractivity contribution in [1.82, 2.24) is 24.6 Å². The van der Waals surface area contributed by atoms with Gasteiger partial charge in [0.25, 0.3) is 0 Å². The first-order valence-electron chi connectivity index (χ1n) is 10.9. The number of amides is 1. The Morgan fingerprint density at radius 3 is 2.61 bits per heavy atom. The van der Waals surface area contributed by atoms with Crippen LogP contribution in [0.25, 0.3) is 0 Å². The zero-order chi connectivity index (χ0) is 19.9. The van der Waals surface area contributed by atoms with E-state index in [4.69, 9.17) is 4.74 Å². The minimum atomic E-state index is -0.156. The lowest BCUT2D eigenvalue weighted by Crippen LogP contribution is -2.52. The van der Waals surface area contributed by atoms with Gasteiger partial charge in [0, 0.05) is 38.6 Å². The molecule has 1 aromatic rings. The fraction of sp³-hybridized carbons (Fsp3) is 0.850. The van der Waals surface area contributed by atoms with Crippen molar-refractivity contribution in [1.29, 1.82) is 0 Å². The number of carbonyl (C=O) groups is 1. The van der Waals surface area contributed by atoms with Crippen LogP contribution >= 0.6 is 0 Å². The zero-order valence-corrected chi connectivity index (χ0v) is 17.4. The second kappa shape index (κ2) is 10.2. The number of nitrogens with one attached hydrogen (secondary N) is 1. The van der Waals surface area contributed by atoms with Gasteiger partial charge in [0.1, 0.15) is 12.4 Å². The van der Waals surface area contributed by atoms with Crippen molar-refractivity contribution in [2.75, 3.05) is 32.8 Å². The standard InChI is InChI=1S/C20H35N5O3/c1-3-16(4-2)17(23-10-12-28-13-11-23)14-21-19(26)15-25-20(27)24-9-7-5-6-8-18(24)22-25/h16-17H,3-15H2,1-2H3,(H,21,26). The Morgan fingerprint density at radius 1 is 1.14 bits per heavy atom. The minimum absolute atomic E-state index is 0.00240. The third-order valence-electron chi connectivity index (χ3n) is 6.19. The lowest BCUT2D eigenvalue weighted by atomic mass is 9.92. The predicted octanol–water partition coefficient (Wildman–Crippen LogP) is 1.02. The van der Waals surface area contributed by atoms with Gasteiger partial charge < -0.3 is 10.1 Å². The summed E-state index contributed by atoms with van der Waals surface area (Å²) in [5, 5.41) is 7.48. The number of hydrogen-bond donors (Lipinski definition) is 1. The summed E-state index contributed by atoms with van der Waals surface area (Å²) < 4.78 is 8.55. The number of rotatable bonds is 8. The Kier molecular flexibility index (Phi) is 7.67. The molecule has 1 fully saturated rings. The van der Waals surface area contributed by atoms with Crippen LogP contribution in [0.2, 0.25) is 0 Å². The number of morpholine rings is 1. The first-order valence-corrected chi connectivity index (χ1v) is 10.9. The van der Waals surface area contributed by atoms with Gasteiger partial charge in [0.05, 0.1) is 13.2 Å². The Hall–Kier alpha value is -1.67. The molecule has 8 nitrogen and oxygen atoms in total.